The number of amides is 1. The van der Waals surface area contributed by atoms with Gasteiger partial charge in [-0.25, -0.2) is 4.68 Å². The Hall–Kier alpha value is -2.99. The van der Waals surface area contributed by atoms with Gasteiger partial charge in [0.05, 0.1) is 11.4 Å². The molecule has 0 aliphatic carbocycles. The van der Waals surface area contributed by atoms with Crippen LogP contribution >= 0.6 is 11.6 Å². The maximum absolute atomic E-state index is 12.9. The Bertz CT molecular complexity index is 1020. The molecule has 0 saturated carbocycles. The van der Waals surface area contributed by atoms with Crippen molar-refractivity contribution in [1.82, 2.24) is 9.36 Å². The van der Waals surface area contributed by atoms with Crippen molar-refractivity contribution in [3.63, 3.8) is 0 Å². The third-order valence-electron chi connectivity index (χ3n) is 4.56. The first-order valence-corrected chi connectivity index (χ1v) is 9.37. The molecule has 146 valence electrons. The summed E-state index contributed by atoms with van der Waals surface area (Å²) in [6, 6.07) is 16.1. The number of nitrogens with one attached hydrogen (secondary N) is 1. The van der Waals surface area contributed by atoms with Gasteiger partial charge in [0.25, 0.3) is 11.5 Å². The van der Waals surface area contributed by atoms with Crippen molar-refractivity contribution in [3.05, 3.63) is 75.7 Å². The van der Waals surface area contributed by atoms with Gasteiger partial charge in [0.2, 0.25) is 0 Å². The predicted octanol–water partition coefficient (Wildman–Crippen LogP) is 3.93. The van der Waals surface area contributed by atoms with E-state index in [0.29, 0.717) is 22.9 Å². The number of anilines is 1. The molecule has 0 saturated heterocycles. The zero-order chi connectivity index (χ0) is 20.3. The number of carbonyl (C=O) groups excluding carboxylic acids is 1. The molecule has 0 fully saturated rings. The van der Waals surface area contributed by atoms with E-state index in [9.17, 15) is 9.59 Å². The summed E-state index contributed by atoms with van der Waals surface area (Å²) < 4.78 is 9.00. The zero-order valence-electron chi connectivity index (χ0n) is 16.0. The number of ether oxygens (including phenoxy) is 1. The lowest BCUT2D eigenvalue weighted by Gasteiger charge is -2.17. The number of para-hydroxylation sites is 1. The molecule has 28 heavy (non-hydrogen) atoms. The first-order chi connectivity index (χ1) is 13.4. The zero-order valence-corrected chi connectivity index (χ0v) is 16.7. The van der Waals surface area contributed by atoms with Crippen LogP contribution < -0.4 is 15.6 Å². The molecule has 3 aromatic rings. The van der Waals surface area contributed by atoms with Crippen LogP contribution in [0.2, 0.25) is 5.02 Å². The minimum absolute atomic E-state index is 0.245. The van der Waals surface area contributed by atoms with E-state index in [2.05, 4.69) is 5.32 Å². The first kappa shape index (κ1) is 19.8. The third-order valence-corrected chi connectivity index (χ3v) is 4.81. The quantitative estimate of drug-likeness (QED) is 0.682. The van der Waals surface area contributed by atoms with Gasteiger partial charge >= 0.3 is 0 Å². The second-order valence-electron chi connectivity index (χ2n) is 6.39. The summed E-state index contributed by atoms with van der Waals surface area (Å²) >= 11 is 5.88. The van der Waals surface area contributed by atoms with Crippen LogP contribution in [-0.4, -0.2) is 21.4 Å². The highest BCUT2D eigenvalue weighted by Crippen LogP contribution is 2.19. The highest BCUT2D eigenvalue weighted by atomic mass is 35.5. The molecule has 0 radical (unpaired) electrons. The van der Waals surface area contributed by atoms with E-state index in [-0.39, 0.29) is 17.2 Å². The molecular weight excluding hydrogens is 378 g/mol. The first-order valence-electron chi connectivity index (χ1n) is 8.99. The van der Waals surface area contributed by atoms with Crippen LogP contribution in [0.3, 0.4) is 0 Å². The summed E-state index contributed by atoms with van der Waals surface area (Å²) in [6.07, 6.45) is -0.280. The fourth-order valence-corrected chi connectivity index (χ4v) is 3.04. The second-order valence-corrected chi connectivity index (χ2v) is 6.83. The SMILES string of the molecule is CCC(Oc1ccc(Cl)cc1)C(=O)Nc1c(C)n(C)n(-c2ccccc2)c1=O. The maximum atomic E-state index is 12.9. The van der Waals surface area contributed by atoms with Crippen LogP contribution in [0.1, 0.15) is 19.0 Å². The average molecular weight is 400 g/mol. The summed E-state index contributed by atoms with van der Waals surface area (Å²) in [7, 11) is 1.78. The maximum Gasteiger partial charge on any atom is 0.295 e. The van der Waals surface area contributed by atoms with E-state index in [1.54, 1.807) is 42.9 Å². The number of aromatic nitrogens is 2. The molecule has 1 atom stereocenters. The van der Waals surface area contributed by atoms with Crippen molar-refractivity contribution in [3.8, 4) is 11.4 Å². The predicted molar refractivity (Wildman–Crippen MR) is 111 cm³/mol. The van der Waals surface area contributed by atoms with E-state index in [1.165, 1.54) is 4.68 Å². The number of rotatable bonds is 6. The summed E-state index contributed by atoms with van der Waals surface area (Å²) in [4.78, 5) is 25.7. The number of hydrogen-bond donors (Lipinski definition) is 1. The number of carbonyl (C=O) groups is 1. The van der Waals surface area contributed by atoms with Gasteiger partial charge in [-0.3, -0.25) is 14.3 Å². The standard InChI is InChI=1S/C21H22ClN3O3/c1-4-18(28-17-12-10-15(22)11-13-17)20(26)23-19-14(2)24(3)25(21(19)27)16-8-6-5-7-9-16/h5-13,18H,4H2,1-3H3,(H,23,26). The molecule has 2 aromatic carbocycles. The van der Waals surface area contributed by atoms with Crippen molar-refractivity contribution in [2.24, 2.45) is 7.05 Å². The van der Waals surface area contributed by atoms with Crippen LogP contribution in [-0.2, 0) is 11.8 Å². The van der Waals surface area contributed by atoms with E-state index < -0.39 is 6.10 Å². The lowest BCUT2D eigenvalue weighted by Crippen LogP contribution is -2.34. The molecular formula is C21H22ClN3O3. The minimum atomic E-state index is -0.731. The number of benzene rings is 2. The van der Waals surface area contributed by atoms with E-state index in [1.807, 2.05) is 37.3 Å². The number of halogens is 1. The third kappa shape index (κ3) is 3.97. The Morgan fingerprint density at radius 3 is 2.39 bits per heavy atom. The number of nitrogens with zero attached hydrogens (tertiary/aromatic N) is 2. The Balaban J connectivity index is 1.85. The molecule has 6 nitrogen and oxygen atoms in total. The molecule has 3 rings (SSSR count). The van der Waals surface area contributed by atoms with Crippen LogP contribution in [0.15, 0.2) is 59.4 Å². The monoisotopic (exact) mass is 399 g/mol. The lowest BCUT2D eigenvalue weighted by molar-refractivity contribution is -0.122. The molecule has 0 bridgehead atoms. The Morgan fingerprint density at radius 2 is 1.79 bits per heavy atom. The van der Waals surface area contributed by atoms with Crippen molar-refractivity contribution in [2.45, 2.75) is 26.4 Å². The normalized spacial score (nSPS) is 11.9. The van der Waals surface area contributed by atoms with Crippen LogP contribution in [0, 0.1) is 6.92 Å². The summed E-state index contributed by atoms with van der Waals surface area (Å²) in [5, 5.41) is 3.34. The Kier molecular flexibility index (Phi) is 5.90. The van der Waals surface area contributed by atoms with Crippen LogP contribution in [0.25, 0.3) is 5.69 Å². The fourth-order valence-electron chi connectivity index (χ4n) is 2.92. The van der Waals surface area contributed by atoms with Crippen molar-refractivity contribution in [1.29, 1.82) is 0 Å². The molecule has 0 spiro atoms. The lowest BCUT2D eigenvalue weighted by atomic mass is 10.2. The van der Waals surface area contributed by atoms with Crippen LogP contribution in [0.4, 0.5) is 5.69 Å². The van der Waals surface area contributed by atoms with Crippen LogP contribution in [0.5, 0.6) is 5.75 Å². The van der Waals surface area contributed by atoms with E-state index in [0.717, 1.165) is 5.69 Å². The largest absolute Gasteiger partial charge is 0.481 e. The fraction of sp³-hybridized carbons (Fsp3) is 0.238. The number of hydrogen-bond acceptors (Lipinski definition) is 3. The van der Waals surface area contributed by atoms with Gasteiger partial charge in [-0.15, -0.1) is 0 Å². The van der Waals surface area contributed by atoms with Gasteiger partial charge < -0.3 is 10.1 Å². The van der Waals surface area contributed by atoms with E-state index in [4.69, 9.17) is 16.3 Å². The van der Waals surface area contributed by atoms with Gasteiger partial charge in [-0.1, -0.05) is 36.7 Å². The average Bonchev–Trinajstić information content (AvgIpc) is 2.91. The topological polar surface area (TPSA) is 65.3 Å². The van der Waals surface area contributed by atoms with Gasteiger partial charge in [-0.2, -0.15) is 0 Å². The van der Waals surface area contributed by atoms with E-state index >= 15 is 0 Å². The van der Waals surface area contributed by atoms with Crippen molar-refractivity contribution in [2.75, 3.05) is 5.32 Å². The molecule has 1 amide bonds. The molecule has 1 heterocycles. The van der Waals surface area contributed by atoms with Crippen molar-refractivity contribution >= 4 is 23.2 Å². The van der Waals surface area contributed by atoms with Gasteiger partial charge in [-0.05, 0) is 49.7 Å². The molecule has 1 aromatic heterocycles. The van der Waals surface area contributed by atoms with Crippen molar-refractivity contribution < 1.29 is 9.53 Å². The molecule has 7 heteroatoms. The highest BCUT2D eigenvalue weighted by molar-refractivity contribution is 6.30. The summed E-state index contributed by atoms with van der Waals surface area (Å²) in [5.41, 5.74) is 1.34. The molecule has 1 unspecified atom stereocenters. The molecule has 0 aliphatic heterocycles. The summed E-state index contributed by atoms with van der Waals surface area (Å²) in [5.74, 6) is 0.168. The highest BCUT2D eigenvalue weighted by Gasteiger charge is 2.23. The van der Waals surface area contributed by atoms with Gasteiger partial charge in [0.1, 0.15) is 11.4 Å². The molecule has 1 N–H and O–H groups in total. The Morgan fingerprint density at radius 1 is 1.14 bits per heavy atom. The van der Waals surface area contributed by atoms with Gasteiger partial charge in [0.15, 0.2) is 6.10 Å². The minimum Gasteiger partial charge on any atom is -0.481 e. The smallest absolute Gasteiger partial charge is 0.295 e. The molecule has 0 aliphatic rings. The summed E-state index contributed by atoms with van der Waals surface area (Å²) in [6.45, 7) is 3.64. The van der Waals surface area contributed by atoms with Gasteiger partial charge in [0, 0.05) is 12.1 Å². The second kappa shape index (κ2) is 8.35. The Labute approximate surface area is 168 Å².